The molecule has 2 unspecified atom stereocenters. The molecule has 2 atom stereocenters. The second-order valence-corrected chi connectivity index (χ2v) is 7.55. The molecular formula is C12H19ClN4O2S. The van der Waals surface area contributed by atoms with Gasteiger partial charge in [-0.15, -0.1) is 0 Å². The van der Waals surface area contributed by atoms with Crippen molar-refractivity contribution in [3.05, 3.63) is 17.3 Å². The number of rotatable bonds is 3. The number of sulfonamides is 1. The van der Waals surface area contributed by atoms with Crippen molar-refractivity contribution in [1.82, 2.24) is 9.29 Å². The van der Waals surface area contributed by atoms with Crippen LogP contribution < -0.4 is 11.3 Å². The third-order valence-corrected chi connectivity index (χ3v) is 5.85. The van der Waals surface area contributed by atoms with Crippen LogP contribution in [-0.2, 0) is 10.0 Å². The maximum atomic E-state index is 12.7. The number of nitrogens with one attached hydrogen (secondary N) is 1. The molecule has 1 fully saturated rings. The van der Waals surface area contributed by atoms with E-state index in [0.29, 0.717) is 12.5 Å². The molecule has 1 aromatic heterocycles. The number of hydrogen-bond acceptors (Lipinski definition) is 5. The Kier molecular flexibility index (Phi) is 4.53. The highest BCUT2D eigenvalue weighted by atomic mass is 35.5. The van der Waals surface area contributed by atoms with Crippen molar-refractivity contribution in [3.8, 4) is 0 Å². The number of hydrogen-bond donors (Lipinski definition) is 2. The van der Waals surface area contributed by atoms with Crippen LogP contribution in [0.15, 0.2) is 17.2 Å². The first kappa shape index (κ1) is 15.5. The second kappa shape index (κ2) is 5.85. The maximum absolute atomic E-state index is 12.7. The maximum Gasteiger partial charge on any atom is 0.244 e. The van der Waals surface area contributed by atoms with Gasteiger partial charge in [0.15, 0.2) is 5.82 Å². The van der Waals surface area contributed by atoms with Crippen molar-refractivity contribution < 1.29 is 8.42 Å². The molecule has 20 heavy (non-hydrogen) atoms. The van der Waals surface area contributed by atoms with Gasteiger partial charge in [-0.25, -0.2) is 19.2 Å². The number of piperidine rings is 1. The quantitative estimate of drug-likeness (QED) is 0.655. The standard InChI is InChI=1S/C12H19ClN4O2S/c1-8-3-4-9(2)17(7-8)20(18,19)10-5-11(13)12(16-14)15-6-10/h5-6,8-9H,3-4,7,14H2,1-2H3,(H,15,16). The predicted molar refractivity (Wildman–Crippen MR) is 78.8 cm³/mol. The normalized spacial score (nSPS) is 24.6. The number of nitrogens with two attached hydrogens (primary N) is 1. The zero-order valence-corrected chi connectivity index (χ0v) is 13.1. The SMILES string of the molecule is CC1CCC(C)N(S(=O)(=O)c2cnc(NN)c(Cl)c2)C1. The zero-order valence-electron chi connectivity index (χ0n) is 11.5. The lowest BCUT2D eigenvalue weighted by Crippen LogP contribution is -2.44. The molecule has 1 aliphatic heterocycles. The summed E-state index contributed by atoms with van der Waals surface area (Å²) in [5.74, 6) is 5.85. The van der Waals surface area contributed by atoms with Crippen LogP contribution in [0.25, 0.3) is 0 Å². The van der Waals surface area contributed by atoms with E-state index in [1.54, 1.807) is 0 Å². The third kappa shape index (κ3) is 2.90. The Balaban J connectivity index is 2.36. The summed E-state index contributed by atoms with van der Waals surface area (Å²) < 4.78 is 26.9. The highest BCUT2D eigenvalue weighted by molar-refractivity contribution is 7.89. The van der Waals surface area contributed by atoms with E-state index in [0.717, 1.165) is 12.8 Å². The van der Waals surface area contributed by atoms with Gasteiger partial charge in [0.25, 0.3) is 0 Å². The van der Waals surface area contributed by atoms with Gasteiger partial charge in [-0.3, -0.25) is 0 Å². The fourth-order valence-electron chi connectivity index (χ4n) is 2.39. The first-order chi connectivity index (χ1) is 9.36. The molecule has 0 saturated carbocycles. The van der Waals surface area contributed by atoms with E-state index in [1.807, 2.05) is 6.92 Å². The van der Waals surface area contributed by atoms with Gasteiger partial charge >= 0.3 is 0 Å². The van der Waals surface area contributed by atoms with Crippen LogP contribution in [-0.4, -0.2) is 30.3 Å². The molecule has 3 N–H and O–H groups in total. The lowest BCUT2D eigenvalue weighted by atomic mass is 9.97. The molecule has 0 aromatic carbocycles. The van der Waals surface area contributed by atoms with Crippen LogP contribution >= 0.6 is 11.6 Å². The van der Waals surface area contributed by atoms with Crippen molar-refractivity contribution in [3.63, 3.8) is 0 Å². The minimum atomic E-state index is -3.57. The first-order valence-corrected chi connectivity index (χ1v) is 8.32. The molecule has 0 amide bonds. The fraction of sp³-hybridized carbons (Fsp3) is 0.583. The number of hydrazine groups is 1. The lowest BCUT2D eigenvalue weighted by molar-refractivity contribution is 0.218. The summed E-state index contributed by atoms with van der Waals surface area (Å²) in [6.45, 7) is 4.51. The van der Waals surface area contributed by atoms with Gasteiger partial charge in [0.2, 0.25) is 10.0 Å². The predicted octanol–water partition coefficient (Wildman–Crippen LogP) is 1.83. The number of anilines is 1. The molecule has 1 aliphatic rings. The summed E-state index contributed by atoms with van der Waals surface area (Å²) >= 11 is 5.95. The van der Waals surface area contributed by atoms with E-state index in [4.69, 9.17) is 17.4 Å². The van der Waals surface area contributed by atoms with Crippen molar-refractivity contribution in [2.24, 2.45) is 11.8 Å². The van der Waals surface area contributed by atoms with Gasteiger partial charge in [-0.05, 0) is 31.7 Å². The Morgan fingerprint density at radius 2 is 2.15 bits per heavy atom. The minimum absolute atomic E-state index is 0.0118. The Hall–Kier alpha value is -0.890. The van der Waals surface area contributed by atoms with Gasteiger partial charge < -0.3 is 5.43 Å². The number of nitrogen functional groups attached to an aromatic ring is 1. The minimum Gasteiger partial charge on any atom is -0.307 e. The van der Waals surface area contributed by atoms with E-state index in [9.17, 15) is 8.42 Å². The van der Waals surface area contributed by atoms with E-state index in [1.165, 1.54) is 16.6 Å². The summed E-state index contributed by atoms with van der Waals surface area (Å²) in [6.07, 6.45) is 3.19. The fourth-order valence-corrected chi connectivity index (χ4v) is 4.43. The van der Waals surface area contributed by atoms with Crippen LogP contribution in [0.5, 0.6) is 0 Å². The van der Waals surface area contributed by atoms with Gasteiger partial charge in [0.05, 0.1) is 5.02 Å². The molecule has 0 spiro atoms. The number of nitrogens with zero attached hydrogens (tertiary/aromatic N) is 2. The van der Waals surface area contributed by atoms with Crippen LogP contribution in [0.2, 0.25) is 5.02 Å². The van der Waals surface area contributed by atoms with Crippen LogP contribution in [0, 0.1) is 5.92 Å². The van der Waals surface area contributed by atoms with Gasteiger partial charge in [0.1, 0.15) is 4.90 Å². The molecule has 2 heterocycles. The first-order valence-electron chi connectivity index (χ1n) is 6.50. The highest BCUT2D eigenvalue weighted by Crippen LogP contribution is 2.29. The molecule has 8 heteroatoms. The molecule has 0 aliphatic carbocycles. The average molecular weight is 319 g/mol. The highest BCUT2D eigenvalue weighted by Gasteiger charge is 2.33. The third-order valence-electron chi connectivity index (χ3n) is 3.62. The van der Waals surface area contributed by atoms with Crippen molar-refractivity contribution in [2.45, 2.75) is 37.6 Å². The Labute approximate surface area is 124 Å². The van der Waals surface area contributed by atoms with E-state index < -0.39 is 10.0 Å². The molecule has 1 saturated heterocycles. The van der Waals surface area contributed by atoms with Gasteiger partial charge in [-0.2, -0.15) is 4.31 Å². The van der Waals surface area contributed by atoms with E-state index in [2.05, 4.69) is 17.3 Å². The summed E-state index contributed by atoms with van der Waals surface area (Å²) in [5, 5.41) is 0.186. The van der Waals surface area contributed by atoms with E-state index >= 15 is 0 Å². The Bertz CT molecular complexity index is 593. The molecule has 0 bridgehead atoms. The van der Waals surface area contributed by atoms with Crippen molar-refractivity contribution in [2.75, 3.05) is 12.0 Å². The summed E-state index contributed by atoms with van der Waals surface area (Å²) in [6, 6.07) is 1.37. The number of aromatic nitrogens is 1. The Morgan fingerprint density at radius 3 is 2.75 bits per heavy atom. The van der Waals surface area contributed by atoms with Gasteiger partial charge in [0, 0.05) is 18.8 Å². The van der Waals surface area contributed by atoms with Crippen molar-refractivity contribution in [1.29, 1.82) is 0 Å². The van der Waals surface area contributed by atoms with E-state index in [-0.39, 0.29) is 21.8 Å². The molecule has 0 radical (unpaired) electrons. The second-order valence-electron chi connectivity index (χ2n) is 5.25. The number of halogens is 1. The monoisotopic (exact) mass is 318 g/mol. The smallest absolute Gasteiger partial charge is 0.244 e. The molecule has 2 rings (SSSR count). The summed E-state index contributed by atoms with van der Waals surface area (Å²) in [4.78, 5) is 4.03. The van der Waals surface area contributed by atoms with Gasteiger partial charge in [-0.1, -0.05) is 18.5 Å². The molecule has 112 valence electrons. The summed E-state index contributed by atoms with van der Waals surface area (Å²) in [5.41, 5.74) is 2.32. The van der Waals surface area contributed by atoms with Crippen LogP contribution in [0.3, 0.4) is 0 Å². The summed E-state index contributed by atoms with van der Waals surface area (Å²) in [7, 11) is -3.57. The average Bonchev–Trinajstić information content (AvgIpc) is 2.41. The topological polar surface area (TPSA) is 88.3 Å². The lowest BCUT2D eigenvalue weighted by Gasteiger charge is -2.35. The van der Waals surface area contributed by atoms with Crippen LogP contribution in [0.4, 0.5) is 5.82 Å². The van der Waals surface area contributed by atoms with Crippen molar-refractivity contribution >= 4 is 27.4 Å². The van der Waals surface area contributed by atoms with Crippen LogP contribution in [0.1, 0.15) is 26.7 Å². The number of pyridine rings is 1. The largest absolute Gasteiger partial charge is 0.307 e. The molecular weight excluding hydrogens is 300 g/mol. The molecule has 6 nitrogen and oxygen atoms in total. The molecule has 1 aromatic rings. The Morgan fingerprint density at radius 1 is 1.45 bits per heavy atom. The zero-order chi connectivity index (χ0) is 14.9.